The maximum atomic E-state index is 8.88. The first kappa shape index (κ1) is 13.2. The SMILES string of the molecule is N#Cc1ccc(-n2c(=S)[nH]c3cc(Cl)ccc32)c(Cl)c1. The topological polar surface area (TPSA) is 44.5 Å². The van der Waals surface area contributed by atoms with Gasteiger partial charge in [-0.1, -0.05) is 23.2 Å². The third kappa shape index (κ3) is 2.10. The molecule has 0 fully saturated rings. The van der Waals surface area contributed by atoms with Crippen LogP contribution in [0.4, 0.5) is 0 Å². The van der Waals surface area contributed by atoms with Crippen LogP contribution in [0.1, 0.15) is 5.56 Å². The van der Waals surface area contributed by atoms with Gasteiger partial charge in [0.05, 0.1) is 33.4 Å². The molecule has 3 rings (SSSR count). The first-order valence-electron chi connectivity index (χ1n) is 5.70. The fraction of sp³-hybridized carbons (Fsp3) is 0. The van der Waals surface area contributed by atoms with Crippen molar-refractivity contribution in [3.8, 4) is 11.8 Å². The van der Waals surface area contributed by atoms with Crippen molar-refractivity contribution < 1.29 is 0 Å². The summed E-state index contributed by atoms with van der Waals surface area (Å²) >= 11 is 17.6. The van der Waals surface area contributed by atoms with Crippen LogP contribution in [0, 0.1) is 16.1 Å². The highest BCUT2D eigenvalue weighted by Gasteiger charge is 2.10. The molecular formula is C14H7Cl2N3S. The molecule has 98 valence electrons. The van der Waals surface area contributed by atoms with E-state index in [2.05, 4.69) is 11.1 Å². The summed E-state index contributed by atoms with van der Waals surface area (Å²) in [5.41, 5.74) is 2.95. The van der Waals surface area contributed by atoms with E-state index in [1.54, 1.807) is 30.3 Å². The number of hydrogen-bond donors (Lipinski definition) is 1. The molecule has 3 aromatic rings. The molecule has 0 aliphatic rings. The second-order valence-corrected chi connectivity index (χ2v) is 5.44. The van der Waals surface area contributed by atoms with Crippen LogP contribution in [0.25, 0.3) is 16.7 Å². The molecule has 0 saturated heterocycles. The number of hydrogen-bond acceptors (Lipinski definition) is 2. The van der Waals surface area contributed by atoms with E-state index >= 15 is 0 Å². The summed E-state index contributed by atoms with van der Waals surface area (Å²) in [5, 5.41) is 9.98. The van der Waals surface area contributed by atoms with Crippen molar-refractivity contribution in [3.63, 3.8) is 0 Å². The fourth-order valence-electron chi connectivity index (χ4n) is 2.08. The van der Waals surface area contributed by atoms with E-state index in [1.165, 1.54) is 0 Å². The minimum absolute atomic E-state index is 0.469. The number of rotatable bonds is 1. The highest BCUT2D eigenvalue weighted by molar-refractivity contribution is 7.71. The Morgan fingerprint density at radius 2 is 1.95 bits per heavy atom. The molecule has 0 atom stereocenters. The first-order chi connectivity index (χ1) is 9.60. The average Bonchev–Trinajstić information content (AvgIpc) is 2.73. The van der Waals surface area contributed by atoms with Crippen LogP contribution in [-0.2, 0) is 0 Å². The highest BCUT2D eigenvalue weighted by Crippen LogP contribution is 2.27. The summed E-state index contributed by atoms with van der Waals surface area (Å²) in [6.45, 7) is 0. The third-order valence-electron chi connectivity index (χ3n) is 2.96. The highest BCUT2D eigenvalue weighted by atomic mass is 35.5. The number of aromatic nitrogens is 2. The van der Waals surface area contributed by atoms with Gasteiger partial charge in [-0.2, -0.15) is 5.26 Å². The Morgan fingerprint density at radius 3 is 2.65 bits per heavy atom. The predicted molar refractivity (Wildman–Crippen MR) is 83.2 cm³/mol. The van der Waals surface area contributed by atoms with Crippen molar-refractivity contribution in [1.82, 2.24) is 9.55 Å². The van der Waals surface area contributed by atoms with Gasteiger partial charge in [-0.15, -0.1) is 0 Å². The summed E-state index contributed by atoms with van der Waals surface area (Å²) in [7, 11) is 0. The van der Waals surface area contributed by atoms with Crippen LogP contribution in [0.15, 0.2) is 36.4 Å². The number of nitriles is 1. The molecule has 3 nitrogen and oxygen atoms in total. The van der Waals surface area contributed by atoms with E-state index in [9.17, 15) is 0 Å². The molecule has 0 saturated carbocycles. The van der Waals surface area contributed by atoms with Gasteiger partial charge in [0.25, 0.3) is 0 Å². The molecule has 1 aromatic heterocycles. The lowest BCUT2D eigenvalue weighted by Gasteiger charge is -2.07. The van der Waals surface area contributed by atoms with Crippen LogP contribution in [0.5, 0.6) is 0 Å². The number of nitrogens with zero attached hydrogens (tertiary/aromatic N) is 2. The number of halogens is 2. The Kier molecular flexibility index (Phi) is 3.27. The quantitative estimate of drug-likeness (QED) is 0.650. The number of H-pyrrole nitrogens is 1. The Labute approximate surface area is 130 Å². The summed E-state index contributed by atoms with van der Waals surface area (Å²) in [4.78, 5) is 3.09. The van der Waals surface area contributed by atoms with E-state index in [-0.39, 0.29) is 0 Å². The molecule has 2 aromatic carbocycles. The van der Waals surface area contributed by atoms with Crippen molar-refractivity contribution in [1.29, 1.82) is 5.26 Å². The van der Waals surface area contributed by atoms with Gasteiger partial charge in [-0.3, -0.25) is 4.57 Å². The van der Waals surface area contributed by atoms with E-state index in [0.29, 0.717) is 20.4 Å². The molecule has 1 heterocycles. The molecule has 0 radical (unpaired) electrons. The lowest BCUT2D eigenvalue weighted by molar-refractivity contribution is 1.06. The molecule has 0 spiro atoms. The number of imidazole rings is 1. The van der Waals surface area contributed by atoms with Gasteiger partial charge in [0.2, 0.25) is 0 Å². The Balaban J connectivity index is 2.33. The lowest BCUT2D eigenvalue weighted by atomic mass is 10.2. The summed E-state index contributed by atoms with van der Waals surface area (Å²) in [6, 6.07) is 12.6. The van der Waals surface area contributed by atoms with Crippen LogP contribution in [0.2, 0.25) is 10.0 Å². The Morgan fingerprint density at radius 1 is 1.15 bits per heavy atom. The van der Waals surface area contributed by atoms with Gasteiger partial charge >= 0.3 is 0 Å². The second-order valence-electron chi connectivity index (χ2n) is 4.21. The van der Waals surface area contributed by atoms with E-state index < -0.39 is 0 Å². The van der Waals surface area contributed by atoms with Crippen LogP contribution >= 0.6 is 35.4 Å². The summed E-state index contributed by atoms with van der Waals surface area (Å²) in [6.07, 6.45) is 0. The molecule has 20 heavy (non-hydrogen) atoms. The average molecular weight is 320 g/mol. The minimum atomic E-state index is 0.469. The van der Waals surface area contributed by atoms with Crippen molar-refractivity contribution in [3.05, 3.63) is 56.8 Å². The first-order valence-corrected chi connectivity index (χ1v) is 6.87. The standard InChI is InChI=1S/C14H7Cl2N3S/c15-9-2-4-13-11(6-9)18-14(20)19(13)12-3-1-8(7-17)5-10(12)16/h1-6H,(H,18,20). The molecule has 0 aliphatic carbocycles. The van der Waals surface area contributed by atoms with Gasteiger partial charge in [0, 0.05) is 5.02 Å². The van der Waals surface area contributed by atoms with Crippen molar-refractivity contribution in [2.45, 2.75) is 0 Å². The van der Waals surface area contributed by atoms with Gasteiger partial charge in [-0.25, -0.2) is 0 Å². The Bertz CT molecular complexity index is 918. The second kappa shape index (κ2) is 4.95. The van der Waals surface area contributed by atoms with E-state index in [4.69, 9.17) is 40.7 Å². The number of nitrogens with one attached hydrogen (secondary N) is 1. The third-order valence-corrected chi connectivity index (χ3v) is 3.78. The smallest absolute Gasteiger partial charge is 0.182 e. The normalized spacial score (nSPS) is 10.7. The van der Waals surface area contributed by atoms with Gasteiger partial charge in [0.1, 0.15) is 0 Å². The fourth-order valence-corrected chi connectivity index (χ4v) is 2.82. The maximum absolute atomic E-state index is 8.88. The molecular weight excluding hydrogens is 313 g/mol. The maximum Gasteiger partial charge on any atom is 0.182 e. The molecule has 6 heteroatoms. The molecule has 1 N–H and O–H groups in total. The van der Waals surface area contributed by atoms with Crippen LogP contribution in [-0.4, -0.2) is 9.55 Å². The summed E-state index contributed by atoms with van der Waals surface area (Å²) < 4.78 is 2.35. The zero-order chi connectivity index (χ0) is 14.3. The number of fused-ring (bicyclic) bond motifs is 1. The molecule has 0 bridgehead atoms. The van der Waals surface area contributed by atoms with Gasteiger partial charge in [0.15, 0.2) is 4.77 Å². The van der Waals surface area contributed by atoms with Gasteiger partial charge < -0.3 is 4.98 Å². The number of benzene rings is 2. The predicted octanol–water partition coefficient (Wildman–Crippen LogP) is 4.87. The molecule has 0 unspecified atom stereocenters. The Hall–Kier alpha value is -1.80. The zero-order valence-corrected chi connectivity index (χ0v) is 12.4. The number of aromatic amines is 1. The molecule has 0 amide bonds. The van der Waals surface area contributed by atoms with E-state index in [1.807, 2.05) is 10.6 Å². The van der Waals surface area contributed by atoms with Crippen LogP contribution < -0.4 is 0 Å². The van der Waals surface area contributed by atoms with Gasteiger partial charge in [-0.05, 0) is 48.6 Å². The monoisotopic (exact) mass is 319 g/mol. The largest absolute Gasteiger partial charge is 0.330 e. The summed E-state index contributed by atoms with van der Waals surface area (Å²) in [5.74, 6) is 0. The van der Waals surface area contributed by atoms with Crippen molar-refractivity contribution in [2.75, 3.05) is 0 Å². The minimum Gasteiger partial charge on any atom is -0.330 e. The lowest BCUT2D eigenvalue weighted by Crippen LogP contribution is -1.95. The molecule has 0 aliphatic heterocycles. The van der Waals surface area contributed by atoms with E-state index in [0.717, 1.165) is 16.7 Å². The zero-order valence-electron chi connectivity index (χ0n) is 10.0. The van der Waals surface area contributed by atoms with Crippen molar-refractivity contribution >= 4 is 46.5 Å². The van der Waals surface area contributed by atoms with Crippen LogP contribution in [0.3, 0.4) is 0 Å². The van der Waals surface area contributed by atoms with Crippen molar-refractivity contribution in [2.24, 2.45) is 0 Å².